The predicted molar refractivity (Wildman–Crippen MR) is 93.5 cm³/mol. The van der Waals surface area contributed by atoms with Crippen LogP contribution in [0.2, 0.25) is 0 Å². The van der Waals surface area contributed by atoms with Crippen molar-refractivity contribution in [3.8, 4) is 23.5 Å². The molecule has 126 valence electrons. The van der Waals surface area contributed by atoms with Gasteiger partial charge in [0.05, 0.1) is 0 Å². The van der Waals surface area contributed by atoms with Gasteiger partial charge in [0.25, 0.3) is 0 Å². The molecule has 0 saturated carbocycles. The van der Waals surface area contributed by atoms with Gasteiger partial charge in [-0.3, -0.25) is 4.98 Å². The lowest BCUT2D eigenvalue weighted by Crippen LogP contribution is -2.00. The lowest BCUT2D eigenvalue weighted by atomic mass is 9.97. The van der Waals surface area contributed by atoms with Crippen molar-refractivity contribution in [2.24, 2.45) is 0 Å². The topological polar surface area (TPSA) is 75.5 Å². The molecular weight excluding hydrogens is 318 g/mol. The summed E-state index contributed by atoms with van der Waals surface area (Å²) < 4.78 is 10.8. The molecule has 1 unspecified atom stereocenters. The van der Waals surface area contributed by atoms with Crippen molar-refractivity contribution in [1.29, 1.82) is 0 Å². The van der Waals surface area contributed by atoms with Crippen molar-refractivity contribution in [2.75, 3.05) is 0 Å². The Labute approximate surface area is 144 Å². The van der Waals surface area contributed by atoms with Gasteiger partial charge in [-0.15, -0.1) is 5.92 Å². The van der Waals surface area contributed by atoms with E-state index in [-0.39, 0.29) is 11.6 Å². The summed E-state index contributed by atoms with van der Waals surface area (Å²) in [6.45, 7) is 2.16. The minimum atomic E-state index is -0.710. The number of benzene rings is 2. The second-order valence-electron chi connectivity index (χ2n) is 5.40. The van der Waals surface area contributed by atoms with E-state index in [2.05, 4.69) is 16.8 Å². The van der Waals surface area contributed by atoms with Crippen LogP contribution < -0.4 is 10.5 Å². The Morgan fingerprint density at radius 1 is 1.16 bits per heavy atom. The van der Waals surface area contributed by atoms with Crippen LogP contribution in [0, 0.1) is 11.8 Å². The summed E-state index contributed by atoms with van der Waals surface area (Å²) in [6, 6.07) is 17.2. The van der Waals surface area contributed by atoms with Crippen LogP contribution in [0.15, 0.2) is 63.8 Å². The molecule has 1 heterocycles. The van der Waals surface area contributed by atoms with Crippen LogP contribution in [0.4, 0.5) is 0 Å². The van der Waals surface area contributed by atoms with Crippen LogP contribution in [-0.4, -0.2) is 10.1 Å². The number of aromatic hydroxyl groups is 1. The van der Waals surface area contributed by atoms with Crippen molar-refractivity contribution >= 4 is 0 Å². The van der Waals surface area contributed by atoms with Gasteiger partial charge in [-0.1, -0.05) is 48.4 Å². The van der Waals surface area contributed by atoms with Crippen LogP contribution in [-0.2, 0) is 6.61 Å². The van der Waals surface area contributed by atoms with Gasteiger partial charge in [0.1, 0.15) is 18.3 Å². The van der Waals surface area contributed by atoms with Gasteiger partial charge in [0, 0.05) is 0 Å². The second-order valence-corrected chi connectivity index (χ2v) is 5.40. The molecule has 0 bridgehead atoms. The van der Waals surface area contributed by atoms with Crippen LogP contribution >= 0.6 is 0 Å². The van der Waals surface area contributed by atoms with Crippen molar-refractivity contribution in [1.82, 2.24) is 4.98 Å². The minimum absolute atomic E-state index is 0.109. The molecule has 0 saturated heterocycles. The van der Waals surface area contributed by atoms with E-state index in [0.29, 0.717) is 6.61 Å². The predicted octanol–water partition coefficient (Wildman–Crippen LogP) is 3.41. The summed E-state index contributed by atoms with van der Waals surface area (Å²) >= 11 is 0. The molecular formula is C20H17NO4. The summed E-state index contributed by atoms with van der Waals surface area (Å²) in [4.78, 5) is 13.5. The Kier molecular flexibility index (Phi) is 4.91. The highest BCUT2D eigenvalue weighted by Gasteiger charge is 2.21. The molecule has 0 radical (unpaired) electrons. The minimum Gasteiger partial charge on any atom is -0.492 e. The Balaban J connectivity index is 1.78. The zero-order valence-electron chi connectivity index (χ0n) is 13.7. The number of ether oxygens (including phenoxy) is 1. The summed E-state index contributed by atoms with van der Waals surface area (Å²) in [7, 11) is 0. The third kappa shape index (κ3) is 3.93. The van der Waals surface area contributed by atoms with Crippen LogP contribution in [0.25, 0.3) is 0 Å². The van der Waals surface area contributed by atoms with E-state index >= 15 is 0 Å². The van der Waals surface area contributed by atoms with Gasteiger partial charge in [0.15, 0.2) is 5.76 Å². The molecule has 0 aliphatic heterocycles. The fraction of sp³-hybridized carbons (Fsp3) is 0.150. The molecule has 0 amide bonds. The van der Waals surface area contributed by atoms with E-state index < -0.39 is 11.7 Å². The first-order valence-electron chi connectivity index (χ1n) is 7.78. The van der Waals surface area contributed by atoms with Crippen LogP contribution in [0.3, 0.4) is 0 Å². The number of oxazole rings is 1. The van der Waals surface area contributed by atoms with Gasteiger partial charge in [-0.2, -0.15) is 0 Å². The molecule has 0 aliphatic rings. The maximum Gasteiger partial charge on any atom is 0.419 e. The molecule has 0 spiro atoms. The number of aromatic nitrogens is 1. The standard InChI is InChI=1S/C20H17NO4/c1-2-6-17(18-19(22)21-20(23)25-18)15-9-11-16(12-10-15)24-13-14-7-4-3-5-8-14/h3-5,7-12,17,22H,13H2,1H3,(H,21,23). The zero-order valence-corrected chi connectivity index (χ0v) is 13.7. The third-order valence-electron chi connectivity index (χ3n) is 3.67. The van der Waals surface area contributed by atoms with E-state index in [1.54, 1.807) is 6.92 Å². The van der Waals surface area contributed by atoms with E-state index in [1.807, 2.05) is 54.6 Å². The lowest BCUT2D eigenvalue weighted by molar-refractivity contribution is 0.306. The molecule has 0 fully saturated rings. The lowest BCUT2D eigenvalue weighted by Gasteiger charge is -2.10. The average Bonchev–Trinajstić information content (AvgIpc) is 2.97. The summed E-state index contributed by atoms with van der Waals surface area (Å²) in [6.07, 6.45) is 0. The average molecular weight is 335 g/mol. The van der Waals surface area contributed by atoms with Crippen molar-refractivity contribution in [2.45, 2.75) is 19.4 Å². The molecule has 3 aromatic rings. The number of hydrogen-bond acceptors (Lipinski definition) is 4. The van der Waals surface area contributed by atoms with Crippen molar-refractivity contribution < 1.29 is 14.3 Å². The molecule has 5 nitrogen and oxygen atoms in total. The number of aromatic amines is 1. The van der Waals surface area contributed by atoms with Gasteiger partial charge in [-0.25, -0.2) is 4.79 Å². The highest BCUT2D eigenvalue weighted by molar-refractivity contribution is 5.41. The van der Waals surface area contributed by atoms with Gasteiger partial charge in [0.2, 0.25) is 5.88 Å². The molecule has 3 rings (SSSR count). The van der Waals surface area contributed by atoms with Crippen molar-refractivity contribution in [3.63, 3.8) is 0 Å². The highest BCUT2D eigenvalue weighted by Crippen LogP contribution is 2.30. The summed E-state index contributed by atoms with van der Waals surface area (Å²) in [5, 5.41) is 9.81. The van der Waals surface area contributed by atoms with Crippen LogP contribution in [0.1, 0.15) is 29.7 Å². The van der Waals surface area contributed by atoms with Gasteiger partial charge < -0.3 is 14.3 Å². The van der Waals surface area contributed by atoms with E-state index in [0.717, 1.165) is 16.9 Å². The molecule has 1 aromatic heterocycles. The summed E-state index contributed by atoms with van der Waals surface area (Å²) in [5.74, 6) is 5.02. The number of hydrogen-bond donors (Lipinski definition) is 2. The molecule has 1 atom stereocenters. The first-order valence-corrected chi connectivity index (χ1v) is 7.78. The van der Waals surface area contributed by atoms with Gasteiger partial charge in [-0.05, 0) is 30.2 Å². The Morgan fingerprint density at radius 3 is 2.48 bits per heavy atom. The Morgan fingerprint density at radius 2 is 1.88 bits per heavy atom. The maximum atomic E-state index is 11.3. The monoisotopic (exact) mass is 335 g/mol. The van der Waals surface area contributed by atoms with E-state index in [1.165, 1.54) is 0 Å². The SMILES string of the molecule is CC#CC(c1ccc(OCc2ccccc2)cc1)c1oc(=O)[nH]c1O. The normalized spacial score (nSPS) is 11.4. The summed E-state index contributed by atoms with van der Waals surface area (Å²) in [5.41, 5.74) is 1.87. The smallest absolute Gasteiger partial charge is 0.419 e. The highest BCUT2D eigenvalue weighted by atomic mass is 16.5. The first-order chi connectivity index (χ1) is 12.2. The number of H-pyrrole nitrogens is 1. The second kappa shape index (κ2) is 7.45. The van der Waals surface area contributed by atoms with Crippen LogP contribution in [0.5, 0.6) is 11.6 Å². The molecule has 25 heavy (non-hydrogen) atoms. The van der Waals surface area contributed by atoms with E-state index in [4.69, 9.17) is 9.15 Å². The van der Waals surface area contributed by atoms with Gasteiger partial charge >= 0.3 is 5.76 Å². The third-order valence-corrected chi connectivity index (χ3v) is 3.67. The number of nitrogens with one attached hydrogen (secondary N) is 1. The molecule has 5 heteroatoms. The Hall–Kier alpha value is -3.39. The number of rotatable bonds is 5. The molecule has 0 aliphatic carbocycles. The first kappa shape index (κ1) is 16.5. The van der Waals surface area contributed by atoms with E-state index in [9.17, 15) is 9.90 Å². The fourth-order valence-electron chi connectivity index (χ4n) is 2.47. The molecule has 2 aromatic carbocycles. The maximum absolute atomic E-state index is 11.3. The zero-order chi connectivity index (χ0) is 17.6. The quantitative estimate of drug-likeness (QED) is 0.701. The fourth-order valence-corrected chi connectivity index (χ4v) is 2.47. The van der Waals surface area contributed by atoms with Crippen molar-refractivity contribution in [3.05, 3.63) is 82.0 Å². The largest absolute Gasteiger partial charge is 0.492 e. The Bertz CT molecular complexity index is 943. The molecule has 2 N–H and O–H groups in total.